The molecule has 2 aromatic heterocycles. The van der Waals surface area contributed by atoms with Gasteiger partial charge in [0.1, 0.15) is 5.56 Å². The second kappa shape index (κ2) is 5.40. The summed E-state index contributed by atoms with van der Waals surface area (Å²) in [7, 11) is 3.13. The maximum Gasteiger partial charge on any atom is 0.339 e. The van der Waals surface area contributed by atoms with E-state index in [1.165, 1.54) is 6.07 Å². The highest BCUT2D eigenvalue weighted by Gasteiger charge is 2.14. The Morgan fingerprint density at radius 3 is 2.64 bits per heavy atom. The average molecular weight is 298 g/mol. The number of aromatic nitrogens is 2. The van der Waals surface area contributed by atoms with Crippen LogP contribution in [0.25, 0.3) is 16.9 Å². The molecule has 3 rings (SSSR count). The molecule has 0 bridgehead atoms. The summed E-state index contributed by atoms with van der Waals surface area (Å²) in [6.07, 6.45) is 3.54. The second-order valence-corrected chi connectivity index (χ2v) is 4.65. The van der Waals surface area contributed by atoms with Crippen molar-refractivity contribution in [3.8, 4) is 22.8 Å². The number of benzene rings is 1. The predicted molar refractivity (Wildman–Crippen MR) is 80.7 cm³/mol. The Morgan fingerprint density at radius 2 is 1.95 bits per heavy atom. The van der Waals surface area contributed by atoms with Crippen LogP contribution in [0, 0.1) is 0 Å². The number of hydrogen-bond acceptors (Lipinski definition) is 4. The molecular weight excluding hydrogens is 284 g/mol. The lowest BCUT2D eigenvalue weighted by molar-refractivity contribution is 0.0698. The van der Waals surface area contributed by atoms with Gasteiger partial charge in [-0.3, -0.25) is 0 Å². The van der Waals surface area contributed by atoms with Crippen LogP contribution in [0.4, 0.5) is 0 Å². The molecule has 0 spiro atoms. The lowest BCUT2D eigenvalue weighted by Crippen LogP contribution is -1.99. The van der Waals surface area contributed by atoms with Crippen LogP contribution >= 0.6 is 0 Å². The van der Waals surface area contributed by atoms with Crippen LogP contribution in [0.15, 0.2) is 42.7 Å². The van der Waals surface area contributed by atoms with E-state index in [0.717, 1.165) is 5.56 Å². The van der Waals surface area contributed by atoms with Gasteiger partial charge < -0.3 is 19.0 Å². The van der Waals surface area contributed by atoms with Crippen LogP contribution in [0.3, 0.4) is 0 Å². The molecule has 0 aliphatic heterocycles. The summed E-state index contributed by atoms with van der Waals surface area (Å²) in [5, 5.41) is 9.22. The molecule has 6 heteroatoms. The Morgan fingerprint density at radius 1 is 1.18 bits per heavy atom. The maximum absolute atomic E-state index is 11.3. The molecule has 0 unspecified atom stereocenters. The number of imidazole rings is 1. The zero-order chi connectivity index (χ0) is 15.7. The van der Waals surface area contributed by atoms with Gasteiger partial charge in [0.05, 0.1) is 19.9 Å². The molecule has 1 N–H and O–H groups in total. The molecule has 0 aliphatic carbocycles. The van der Waals surface area contributed by atoms with E-state index >= 15 is 0 Å². The van der Waals surface area contributed by atoms with Crippen molar-refractivity contribution >= 4 is 11.6 Å². The Bertz CT molecular complexity index is 854. The van der Waals surface area contributed by atoms with E-state index in [9.17, 15) is 9.90 Å². The first-order valence-corrected chi connectivity index (χ1v) is 6.57. The van der Waals surface area contributed by atoms with Gasteiger partial charge in [0.25, 0.3) is 0 Å². The lowest BCUT2D eigenvalue weighted by Gasteiger charge is -2.08. The molecule has 0 fully saturated rings. The number of carboxylic acids is 1. The Balaban J connectivity index is 2.15. The van der Waals surface area contributed by atoms with E-state index in [-0.39, 0.29) is 5.56 Å². The SMILES string of the molecule is COc1ccc(-c2cn3cccc(C(=O)O)c3n2)cc1OC. The lowest BCUT2D eigenvalue weighted by atomic mass is 10.1. The minimum absolute atomic E-state index is 0.161. The standard InChI is InChI=1S/C16H14N2O4/c1-21-13-6-5-10(8-14(13)22-2)12-9-18-7-3-4-11(16(19)20)15(18)17-12/h3-9H,1-2H3,(H,19,20). The van der Waals surface area contributed by atoms with Crippen molar-refractivity contribution in [2.45, 2.75) is 0 Å². The monoisotopic (exact) mass is 298 g/mol. The Hall–Kier alpha value is -3.02. The molecule has 22 heavy (non-hydrogen) atoms. The topological polar surface area (TPSA) is 73.1 Å². The van der Waals surface area contributed by atoms with Crippen molar-refractivity contribution in [2.75, 3.05) is 14.2 Å². The van der Waals surface area contributed by atoms with Gasteiger partial charge in [-0.1, -0.05) is 0 Å². The minimum atomic E-state index is -1.00. The quantitative estimate of drug-likeness (QED) is 0.801. The van der Waals surface area contributed by atoms with Gasteiger partial charge in [-0.05, 0) is 30.3 Å². The average Bonchev–Trinajstić information content (AvgIpc) is 2.97. The molecular formula is C16H14N2O4. The van der Waals surface area contributed by atoms with Crippen molar-refractivity contribution in [3.05, 3.63) is 48.3 Å². The van der Waals surface area contributed by atoms with Gasteiger partial charge in [0.2, 0.25) is 0 Å². The zero-order valence-electron chi connectivity index (χ0n) is 12.1. The highest BCUT2D eigenvalue weighted by atomic mass is 16.5. The fourth-order valence-electron chi connectivity index (χ4n) is 2.31. The van der Waals surface area contributed by atoms with Gasteiger partial charge in [0, 0.05) is 18.0 Å². The number of methoxy groups -OCH3 is 2. The summed E-state index contributed by atoms with van der Waals surface area (Å²) in [4.78, 5) is 15.7. The van der Waals surface area contributed by atoms with Gasteiger partial charge >= 0.3 is 5.97 Å². The molecule has 0 amide bonds. The number of ether oxygens (including phenoxy) is 2. The van der Waals surface area contributed by atoms with E-state index in [1.807, 2.05) is 6.07 Å². The number of fused-ring (bicyclic) bond motifs is 1. The van der Waals surface area contributed by atoms with Crippen molar-refractivity contribution in [3.63, 3.8) is 0 Å². The molecule has 0 atom stereocenters. The third-order valence-electron chi connectivity index (χ3n) is 3.39. The number of aromatic carboxylic acids is 1. The number of nitrogens with zero attached hydrogens (tertiary/aromatic N) is 2. The summed E-state index contributed by atoms with van der Waals surface area (Å²) >= 11 is 0. The van der Waals surface area contributed by atoms with E-state index in [1.54, 1.807) is 49.2 Å². The molecule has 0 radical (unpaired) electrons. The Kier molecular flexibility index (Phi) is 3.42. The predicted octanol–water partition coefficient (Wildman–Crippen LogP) is 2.72. The first-order chi connectivity index (χ1) is 10.6. The molecule has 3 aromatic rings. The molecule has 6 nitrogen and oxygen atoms in total. The van der Waals surface area contributed by atoms with Crippen molar-refractivity contribution in [1.82, 2.24) is 9.38 Å². The maximum atomic E-state index is 11.3. The second-order valence-electron chi connectivity index (χ2n) is 4.65. The van der Waals surface area contributed by atoms with Gasteiger partial charge in [-0.2, -0.15) is 0 Å². The number of pyridine rings is 1. The van der Waals surface area contributed by atoms with Crippen LogP contribution in [0.1, 0.15) is 10.4 Å². The summed E-state index contributed by atoms with van der Waals surface area (Å²) in [6, 6.07) is 8.65. The number of rotatable bonds is 4. The van der Waals surface area contributed by atoms with Gasteiger partial charge in [-0.15, -0.1) is 0 Å². The van der Waals surface area contributed by atoms with E-state index in [0.29, 0.717) is 22.8 Å². The van der Waals surface area contributed by atoms with E-state index in [4.69, 9.17) is 9.47 Å². The zero-order valence-corrected chi connectivity index (χ0v) is 12.1. The van der Waals surface area contributed by atoms with Crippen LogP contribution in [-0.4, -0.2) is 34.7 Å². The first kappa shape index (κ1) is 13.9. The molecule has 0 aliphatic rings. The number of carboxylic acid groups (broad SMARTS) is 1. The molecule has 112 valence electrons. The molecule has 2 heterocycles. The fraction of sp³-hybridized carbons (Fsp3) is 0.125. The van der Waals surface area contributed by atoms with Crippen LogP contribution < -0.4 is 9.47 Å². The fourth-order valence-corrected chi connectivity index (χ4v) is 2.31. The van der Waals surface area contributed by atoms with Crippen LogP contribution in [0.5, 0.6) is 11.5 Å². The summed E-state index contributed by atoms with van der Waals surface area (Å²) in [6.45, 7) is 0. The molecule has 0 saturated heterocycles. The number of hydrogen-bond donors (Lipinski definition) is 1. The number of carbonyl (C=O) groups is 1. The highest BCUT2D eigenvalue weighted by Crippen LogP contribution is 2.32. The van der Waals surface area contributed by atoms with Crippen molar-refractivity contribution < 1.29 is 19.4 Å². The summed E-state index contributed by atoms with van der Waals surface area (Å²) in [5.41, 5.74) is 2.04. The highest BCUT2D eigenvalue weighted by molar-refractivity contribution is 5.94. The first-order valence-electron chi connectivity index (χ1n) is 6.57. The largest absolute Gasteiger partial charge is 0.493 e. The van der Waals surface area contributed by atoms with Gasteiger partial charge in [0.15, 0.2) is 17.1 Å². The minimum Gasteiger partial charge on any atom is -0.493 e. The third-order valence-corrected chi connectivity index (χ3v) is 3.39. The summed E-state index contributed by atoms with van der Waals surface area (Å²) < 4.78 is 12.2. The van der Waals surface area contributed by atoms with Crippen LogP contribution in [0.2, 0.25) is 0 Å². The van der Waals surface area contributed by atoms with Crippen LogP contribution in [-0.2, 0) is 0 Å². The van der Waals surface area contributed by atoms with E-state index < -0.39 is 5.97 Å². The summed E-state index contributed by atoms with van der Waals surface area (Å²) in [5.74, 6) is 0.215. The molecule has 0 saturated carbocycles. The van der Waals surface area contributed by atoms with Crippen molar-refractivity contribution in [2.24, 2.45) is 0 Å². The van der Waals surface area contributed by atoms with Crippen molar-refractivity contribution in [1.29, 1.82) is 0 Å². The Labute approximate surface area is 126 Å². The van der Waals surface area contributed by atoms with Gasteiger partial charge in [-0.25, -0.2) is 9.78 Å². The normalized spacial score (nSPS) is 10.6. The van der Waals surface area contributed by atoms with E-state index in [2.05, 4.69) is 4.98 Å². The molecule has 1 aromatic carbocycles. The third kappa shape index (κ3) is 2.24. The smallest absolute Gasteiger partial charge is 0.339 e.